The van der Waals surface area contributed by atoms with E-state index in [1.54, 1.807) is 0 Å². The molecule has 0 bridgehead atoms. The van der Waals surface area contributed by atoms with Crippen molar-refractivity contribution in [2.75, 3.05) is 0 Å². The van der Waals surface area contributed by atoms with E-state index in [9.17, 15) is 4.79 Å². The van der Waals surface area contributed by atoms with Gasteiger partial charge < -0.3 is 4.42 Å². The average molecular weight is 242 g/mol. The van der Waals surface area contributed by atoms with Gasteiger partial charge in [-0.15, -0.1) is 0 Å². The molecule has 0 amide bonds. The Hall–Kier alpha value is -1.83. The molecule has 0 unspecified atom stereocenters. The Morgan fingerprint density at radius 3 is 2.78 bits per heavy atom. The lowest BCUT2D eigenvalue weighted by atomic mass is 10.0. The molecule has 0 saturated heterocycles. The summed E-state index contributed by atoms with van der Waals surface area (Å²) in [6, 6.07) is 10.1. The van der Waals surface area contributed by atoms with E-state index in [2.05, 4.69) is 32.0 Å². The zero-order valence-corrected chi connectivity index (χ0v) is 10.9. The van der Waals surface area contributed by atoms with Crippen molar-refractivity contribution in [2.24, 2.45) is 0 Å². The first-order chi connectivity index (χ1) is 8.74. The van der Waals surface area contributed by atoms with E-state index in [0.29, 0.717) is 5.76 Å². The molecule has 2 nitrogen and oxygen atoms in total. The largest absolute Gasteiger partial charge is 0.458 e. The van der Waals surface area contributed by atoms with Gasteiger partial charge in [0.05, 0.1) is 0 Å². The first-order valence-corrected chi connectivity index (χ1v) is 6.39. The first kappa shape index (κ1) is 12.6. The summed E-state index contributed by atoms with van der Waals surface area (Å²) in [5, 5.41) is 0. The van der Waals surface area contributed by atoms with Crippen LogP contribution in [0.25, 0.3) is 11.1 Å². The van der Waals surface area contributed by atoms with Crippen LogP contribution in [-0.2, 0) is 6.42 Å². The van der Waals surface area contributed by atoms with E-state index in [1.807, 2.05) is 12.1 Å². The maximum absolute atomic E-state index is 10.9. The van der Waals surface area contributed by atoms with Crippen LogP contribution in [0.2, 0.25) is 0 Å². The molecule has 0 fully saturated rings. The fourth-order valence-corrected chi connectivity index (χ4v) is 2.09. The molecule has 2 rings (SSSR count). The highest BCUT2D eigenvalue weighted by atomic mass is 16.3. The maximum Gasteiger partial charge on any atom is 0.185 e. The number of hydrogen-bond donors (Lipinski definition) is 0. The SMILES string of the molecule is CCCCc1oc(C=O)cc1-c1cccc(C)c1. The molecule has 0 aliphatic rings. The Balaban J connectivity index is 2.41. The van der Waals surface area contributed by atoms with Crippen molar-refractivity contribution in [3.05, 3.63) is 47.4 Å². The number of carbonyl (C=O) groups excluding carboxylic acids is 1. The predicted molar refractivity (Wildman–Crippen MR) is 72.9 cm³/mol. The van der Waals surface area contributed by atoms with Crippen LogP contribution in [0.3, 0.4) is 0 Å². The van der Waals surface area contributed by atoms with Crippen LogP contribution in [0.5, 0.6) is 0 Å². The van der Waals surface area contributed by atoms with Crippen LogP contribution in [0.1, 0.15) is 41.6 Å². The molecule has 0 spiro atoms. The van der Waals surface area contributed by atoms with Crippen LogP contribution in [0.15, 0.2) is 34.7 Å². The van der Waals surface area contributed by atoms with Gasteiger partial charge in [-0.1, -0.05) is 43.2 Å². The minimum Gasteiger partial charge on any atom is -0.458 e. The van der Waals surface area contributed by atoms with E-state index >= 15 is 0 Å². The minimum atomic E-state index is 0.414. The number of unbranched alkanes of at least 4 members (excludes halogenated alkanes) is 1. The highest BCUT2D eigenvalue weighted by Crippen LogP contribution is 2.28. The number of rotatable bonds is 5. The van der Waals surface area contributed by atoms with Crippen molar-refractivity contribution >= 4 is 6.29 Å². The molecule has 2 aromatic rings. The summed E-state index contributed by atoms with van der Waals surface area (Å²) in [4.78, 5) is 10.9. The van der Waals surface area contributed by atoms with Crippen molar-refractivity contribution in [3.63, 3.8) is 0 Å². The number of benzene rings is 1. The molecule has 0 aliphatic heterocycles. The van der Waals surface area contributed by atoms with E-state index in [4.69, 9.17) is 4.42 Å². The van der Waals surface area contributed by atoms with E-state index < -0.39 is 0 Å². The molecule has 0 atom stereocenters. The molecule has 94 valence electrons. The molecule has 0 radical (unpaired) electrons. The molecular formula is C16H18O2. The van der Waals surface area contributed by atoms with Crippen LogP contribution in [-0.4, -0.2) is 6.29 Å². The van der Waals surface area contributed by atoms with Crippen molar-refractivity contribution in [2.45, 2.75) is 33.1 Å². The lowest BCUT2D eigenvalue weighted by Gasteiger charge is -2.03. The molecule has 2 heteroatoms. The lowest BCUT2D eigenvalue weighted by molar-refractivity contribution is 0.109. The number of aldehydes is 1. The number of hydrogen-bond acceptors (Lipinski definition) is 2. The molecule has 0 saturated carbocycles. The zero-order chi connectivity index (χ0) is 13.0. The molecule has 0 aliphatic carbocycles. The summed E-state index contributed by atoms with van der Waals surface area (Å²) < 4.78 is 5.59. The molecule has 1 aromatic heterocycles. The molecule has 1 heterocycles. The third-order valence-electron chi connectivity index (χ3n) is 3.03. The van der Waals surface area contributed by atoms with Gasteiger partial charge in [-0.05, 0) is 25.0 Å². The number of carbonyl (C=O) groups is 1. The van der Waals surface area contributed by atoms with Gasteiger partial charge in [0.1, 0.15) is 5.76 Å². The normalized spacial score (nSPS) is 10.6. The molecule has 18 heavy (non-hydrogen) atoms. The number of aryl methyl sites for hydroxylation is 2. The van der Waals surface area contributed by atoms with Crippen molar-refractivity contribution in [1.82, 2.24) is 0 Å². The summed E-state index contributed by atoms with van der Waals surface area (Å²) in [5.74, 6) is 1.34. The lowest BCUT2D eigenvalue weighted by Crippen LogP contribution is -1.86. The predicted octanol–water partition coefficient (Wildman–Crippen LogP) is 4.41. The van der Waals surface area contributed by atoms with E-state index in [-0.39, 0.29) is 0 Å². The monoisotopic (exact) mass is 242 g/mol. The summed E-state index contributed by atoms with van der Waals surface area (Å²) in [7, 11) is 0. The van der Waals surface area contributed by atoms with Gasteiger partial charge in [0.2, 0.25) is 0 Å². The highest BCUT2D eigenvalue weighted by molar-refractivity contribution is 5.77. The quantitative estimate of drug-likeness (QED) is 0.727. The summed E-state index contributed by atoms with van der Waals surface area (Å²) in [6.07, 6.45) is 3.84. The van der Waals surface area contributed by atoms with Crippen molar-refractivity contribution < 1.29 is 9.21 Å². The second kappa shape index (κ2) is 5.67. The second-order valence-corrected chi connectivity index (χ2v) is 4.58. The van der Waals surface area contributed by atoms with Gasteiger partial charge >= 0.3 is 0 Å². The molecular weight excluding hydrogens is 224 g/mol. The smallest absolute Gasteiger partial charge is 0.185 e. The van der Waals surface area contributed by atoms with Crippen LogP contribution in [0, 0.1) is 6.92 Å². The van der Waals surface area contributed by atoms with Crippen molar-refractivity contribution in [1.29, 1.82) is 0 Å². The van der Waals surface area contributed by atoms with Gasteiger partial charge in [-0.25, -0.2) is 0 Å². The van der Waals surface area contributed by atoms with Gasteiger partial charge in [-0.2, -0.15) is 0 Å². The Labute approximate surface area is 108 Å². The first-order valence-electron chi connectivity index (χ1n) is 6.39. The Bertz CT molecular complexity index is 538. The Kier molecular flexibility index (Phi) is 3.98. The standard InChI is InChI=1S/C16H18O2/c1-3-4-8-16-15(10-14(11-17)18-16)13-7-5-6-12(2)9-13/h5-7,9-11H,3-4,8H2,1-2H3. The van der Waals surface area contributed by atoms with E-state index in [1.165, 1.54) is 5.56 Å². The van der Waals surface area contributed by atoms with Gasteiger partial charge in [0.15, 0.2) is 12.0 Å². The molecule has 1 aromatic carbocycles. The molecule has 0 N–H and O–H groups in total. The van der Waals surface area contributed by atoms with Gasteiger partial charge in [-0.3, -0.25) is 4.79 Å². The van der Waals surface area contributed by atoms with Gasteiger partial charge in [0, 0.05) is 12.0 Å². The maximum atomic E-state index is 10.9. The fraction of sp³-hybridized carbons (Fsp3) is 0.312. The highest BCUT2D eigenvalue weighted by Gasteiger charge is 2.12. The summed E-state index contributed by atoms with van der Waals surface area (Å²) >= 11 is 0. The van der Waals surface area contributed by atoms with E-state index in [0.717, 1.165) is 42.4 Å². The van der Waals surface area contributed by atoms with Crippen LogP contribution < -0.4 is 0 Å². The second-order valence-electron chi connectivity index (χ2n) is 4.58. The summed E-state index contributed by atoms with van der Waals surface area (Å²) in [6.45, 7) is 4.21. The summed E-state index contributed by atoms with van der Waals surface area (Å²) in [5.41, 5.74) is 3.38. The Morgan fingerprint density at radius 2 is 2.11 bits per heavy atom. The van der Waals surface area contributed by atoms with Crippen LogP contribution >= 0.6 is 0 Å². The zero-order valence-electron chi connectivity index (χ0n) is 10.9. The number of furan rings is 1. The van der Waals surface area contributed by atoms with Crippen LogP contribution in [0.4, 0.5) is 0 Å². The van der Waals surface area contributed by atoms with Crippen molar-refractivity contribution in [3.8, 4) is 11.1 Å². The van der Waals surface area contributed by atoms with Gasteiger partial charge in [0.25, 0.3) is 0 Å². The third kappa shape index (κ3) is 2.70. The Morgan fingerprint density at radius 1 is 1.28 bits per heavy atom. The minimum absolute atomic E-state index is 0.414. The third-order valence-corrected chi connectivity index (χ3v) is 3.03. The average Bonchev–Trinajstić information content (AvgIpc) is 2.79. The topological polar surface area (TPSA) is 30.2 Å². The fourth-order valence-electron chi connectivity index (χ4n) is 2.09.